The monoisotopic (exact) mass is 300 g/mol. The minimum absolute atomic E-state index is 0.366. The Bertz CT molecular complexity index is 398. The van der Waals surface area contributed by atoms with Crippen LogP contribution in [0.25, 0.3) is 0 Å². The first-order valence-corrected chi connectivity index (χ1v) is 7.59. The number of nitrogens with one attached hydrogen (secondary N) is 1. The minimum Gasteiger partial charge on any atom is -0.314 e. The summed E-state index contributed by atoms with van der Waals surface area (Å²) >= 11 is 0. The summed E-state index contributed by atoms with van der Waals surface area (Å²) in [5.41, 5.74) is 1.33. The van der Waals surface area contributed by atoms with Gasteiger partial charge in [0.05, 0.1) is 6.54 Å². The number of hydrogen-bond acceptors (Lipinski definition) is 2. The van der Waals surface area contributed by atoms with E-state index in [0.717, 1.165) is 32.2 Å². The summed E-state index contributed by atoms with van der Waals surface area (Å²) in [4.78, 5) is 1.50. The molecule has 5 heteroatoms. The predicted octanol–water partition coefficient (Wildman–Crippen LogP) is 3.24. The Hall–Kier alpha value is -1.07. The number of likely N-dealkylation sites (tertiary alicyclic amines) is 1. The van der Waals surface area contributed by atoms with Crippen molar-refractivity contribution in [3.63, 3.8) is 0 Å². The molecule has 1 aliphatic rings. The maximum absolute atomic E-state index is 12.3. The van der Waals surface area contributed by atoms with Gasteiger partial charge in [-0.3, -0.25) is 4.90 Å². The van der Waals surface area contributed by atoms with Crippen molar-refractivity contribution in [3.05, 3.63) is 35.9 Å². The molecule has 1 aromatic rings. The molecule has 0 saturated carbocycles. The average molecular weight is 300 g/mol. The molecular formula is C16H23F3N2. The Morgan fingerprint density at radius 3 is 2.38 bits per heavy atom. The van der Waals surface area contributed by atoms with Crippen molar-refractivity contribution in [2.75, 3.05) is 26.2 Å². The predicted molar refractivity (Wildman–Crippen MR) is 78.3 cm³/mol. The molecule has 1 aliphatic heterocycles. The number of alkyl halides is 3. The van der Waals surface area contributed by atoms with E-state index in [4.69, 9.17) is 0 Å². The van der Waals surface area contributed by atoms with Crippen LogP contribution in [0.5, 0.6) is 0 Å². The summed E-state index contributed by atoms with van der Waals surface area (Å²) in [5, 5.41) is 3.47. The quantitative estimate of drug-likeness (QED) is 0.811. The maximum atomic E-state index is 12.3. The van der Waals surface area contributed by atoms with Crippen LogP contribution in [0.3, 0.4) is 0 Å². The van der Waals surface area contributed by atoms with E-state index >= 15 is 0 Å². The summed E-state index contributed by atoms with van der Waals surface area (Å²) in [6.45, 7) is 1.23. The molecular weight excluding hydrogens is 277 g/mol. The fraction of sp³-hybridized carbons (Fsp3) is 0.625. The third-order valence-corrected chi connectivity index (χ3v) is 3.91. The highest BCUT2D eigenvalue weighted by Crippen LogP contribution is 2.19. The van der Waals surface area contributed by atoms with Crippen molar-refractivity contribution in [1.82, 2.24) is 10.2 Å². The highest BCUT2D eigenvalue weighted by molar-refractivity contribution is 5.14. The van der Waals surface area contributed by atoms with Gasteiger partial charge >= 0.3 is 6.18 Å². The fourth-order valence-corrected chi connectivity index (χ4v) is 2.79. The van der Waals surface area contributed by atoms with E-state index in [-0.39, 0.29) is 0 Å². The second-order valence-electron chi connectivity index (χ2n) is 5.71. The molecule has 0 aromatic heterocycles. The van der Waals surface area contributed by atoms with Crippen LogP contribution < -0.4 is 5.32 Å². The van der Waals surface area contributed by atoms with Gasteiger partial charge in [0, 0.05) is 6.04 Å². The first-order chi connectivity index (χ1) is 10.0. The molecule has 118 valence electrons. The molecule has 21 heavy (non-hydrogen) atoms. The van der Waals surface area contributed by atoms with Crippen LogP contribution in [0.2, 0.25) is 0 Å². The molecule has 1 aromatic carbocycles. The first kappa shape index (κ1) is 16.3. The Morgan fingerprint density at radius 2 is 1.76 bits per heavy atom. The standard InChI is InChI=1S/C16H23F3N2/c17-16(18,19)13-21-11-8-15(9-12-21)20-10-4-7-14-5-2-1-3-6-14/h1-3,5-6,15,20H,4,7-13H2. The van der Waals surface area contributed by atoms with Gasteiger partial charge in [0.15, 0.2) is 0 Å². The molecule has 1 saturated heterocycles. The van der Waals surface area contributed by atoms with Crippen molar-refractivity contribution >= 4 is 0 Å². The van der Waals surface area contributed by atoms with Crippen molar-refractivity contribution in [2.45, 2.75) is 37.9 Å². The zero-order chi connectivity index (χ0) is 15.1. The van der Waals surface area contributed by atoms with Crippen LogP contribution in [0.1, 0.15) is 24.8 Å². The Balaban J connectivity index is 1.57. The van der Waals surface area contributed by atoms with Crippen molar-refractivity contribution in [1.29, 1.82) is 0 Å². The van der Waals surface area contributed by atoms with Crippen LogP contribution in [0.4, 0.5) is 13.2 Å². The third-order valence-electron chi connectivity index (χ3n) is 3.91. The number of piperidine rings is 1. The van der Waals surface area contributed by atoms with Crippen molar-refractivity contribution < 1.29 is 13.2 Å². The summed E-state index contributed by atoms with van der Waals surface area (Å²) in [7, 11) is 0. The van der Waals surface area contributed by atoms with E-state index < -0.39 is 12.7 Å². The SMILES string of the molecule is FC(F)(F)CN1CCC(NCCCc2ccccc2)CC1. The number of halogens is 3. The second kappa shape index (κ2) is 7.80. The summed E-state index contributed by atoms with van der Waals surface area (Å²) in [6.07, 6.45) is -0.355. The lowest BCUT2D eigenvalue weighted by Crippen LogP contribution is -2.45. The largest absolute Gasteiger partial charge is 0.401 e. The lowest BCUT2D eigenvalue weighted by Gasteiger charge is -2.32. The van der Waals surface area contributed by atoms with Crippen LogP contribution in [0, 0.1) is 0 Å². The van der Waals surface area contributed by atoms with Crippen LogP contribution >= 0.6 is 0 Å². The Labute approximate surface area is 124 Å². The molecule has 0 unspecified atom stereocenters. The van der Waals surface area contributed by atoms with E-state index in [9.17, 15) is 13.2 Å². The van der Waals surface area contributed by atoms with Crippen LogP contribution in [0.15, 0.2) is 30.3 Å². The number of hydrogen-bond donors (Lipinski definition) is 1. The fourth-order valence-electron chi connectivity index (χ4n) is 2.79. The van der Waals surface area contributed by atoms with Crippen LogP contribution in [-0.4, -0.2) is 43.3 Å². The van der Waals surface area contributed by atoms with Gasteiger partial charge in [-0.25, -0.2) is 0 Å². The molecule has 0 atom stereocenters. The van der Waals surface area contributed by atoms with Gasteiger partial charge in [-0.2, -0.15) is 13.2 Å². The van der Waals surface area contributed by atoms with Gasteiger partial charge in [-0.05, 0) is 50.9 Å². The lowest BCUT2D eigenvalue weighted by molar-refractivity contribution is -0.148. The topological polar surface area (TPSA) is 15.3 Å². The molecule has 0 amide bonds. The van der Waals surface area contributed by atoms with Gasteiger partial charge in [-0.1, -0.05) is 30.3 Å². The van der Waals surface area contributed by atoms with E-state index in [0.29, 0.717) is 19.1 Å². The molecule has 0 aliphatic carbocycles. The highest BCUT2D eigenvalue weighted by Gasteiger charge is 2.32. The number of rotatable bonds is 6. The third kappa shape index (κ3) is 6.48. The summed E-state index contributed by atoms with van der Waals surface area (Å²) in [6, 6.07) is 10.7. The molecule has 1 N–H and O–H groups in total. The van der Waals surface area contributed by atoms with Crippen molar-refractivity contribution in [2.24, 2.45) is 0 Å². The van der Waals surface area contributed by atoms with Gasteiger partial charge in [0.1, 0.15) is 0 Å². The first-order valence-electron chi connectivity index (χ1n) is 7.59. The van der Waals surface area contributed by atoms with E-state index in [1.807, 2.05) is 18.2 Å². The normalized spacial score (nSPS) is 18.0. The van der Waals surface area contributed by atoms with Gasteiger partial charge in [0.25, 0.3) is 0 Å². The van der Waals surface area contributed by atoms with E-state index in [1.54, 1.807) is 0 Å². The molecule has 2 rings (SSSR count). The van der Waals surface area contributed by atoms with Gasteiger partial charge in [-0.15, -0.1) is 0 Å². The van der Waals surface area contributed by atoms with E-state index in [1.165, 1.54) is 10.5 Å². The van der Waals surface area contributed by atoms with Crippen LogP contribution in [-0.2, 0) is 6.42 Å². The van der Waals surface area contributed by atoms with E-state index in [2.05, 4.69) is 17.4 Å². The number of aryl methyl sites for hydroxylation is 1. The number of nitrogens with zero attached hydrogens (tertiary/aromatic N) is 1. The highest BCUT2D eigenvalue weighted by atomic mass is 19.4. The average Bonchev–Trinajstić information content (AvgIpc) is 2.45. The molecule has 2 nitrogen and oxygen atoms in total. The molecule has 0 spiro atoms. The zero-order valence-corrected chi connectivity index (χ0v) is 12.2. The minimum atomic E-state index is -4.07. The van der Waals surface area contributed by atoms with Crippen molar-refractivity contribution in [3.8, 4) is 0 Å². The Kier molecular flexibility index (Phi) is 6.06. The zero-order valence-electron chi connectivity index (χ0n) is 12.2. The Morgan fingerprint density at radius 1 is 1.10 bits per heavy atom. The second-order valence-corrected chi connectivity index (χ2v) is 5.71. The lowest BCUT2D eigenvalue weighted by atomic mass is 10.0. The smallest absolute Gasteiger partial charge is 0.314 e. The van der Waals surface area contributed by atoms with Gasteiger partial charge < -0.3 is 5.32 Å². The summed E-state index contributed by atoms with van der Waals surface area (Å²) in [5.74, 6) is 0. The number of benzene rings is 1. The van der Waals surface area contributed by atoms with Gasteiger partial charge in [0.2, 0.25) is 0 Å². The molecule has 0 bridgehead atoms. The summed E-state index contributed by atoms with van der Waals surface area (Å²) < 4.78 is 36.9. The molecule has 1 heterocycles. The maximum Gasteiger partial charge on any atom is 0.401 e. The molecule has 0 radical (unpaired) electrons. The molecule has 1 fully saturated rings.